The van der Waals surface area contributed by atoms with Gasteiger partial charge in [0.1, 0.15) is 0 Å². The quantitative estimate of drug-likeness (QED) is 0.669. The zero-order valence-corrected chi connectivity index (χ0v) is 8.58. The van der Waals surface area contributed by atoms with Gasteiger partial charge in [-0.15, -0.1) is 0 Å². The summed E-state index contributed by atoms with van der Waals surface area (Å²) in [4.78, 5) is 2.37. The second kappa shape index (κ2) is 5.58. The van der Waals surface area contributed by atoms with E-state index in [1.54, 1.807) is 0 Å². The predicted octanol–water partition coefficient (Wildman–Crippen LogP) is 0.428. The summed E-state index contributed by atoms with van der Waals surface area (Å²) in [5, 5.41) is 9.73. The Morgan fingerprint density at radius 2 is 2.31 bits per heavy atom. The molecule has 0 aromatic carbocycles. The first-order valence-corrected chi connectivity index (χ1v) is 5.38. The van der Waals surface area contributed by atoms with Crippen molar-refractivity contribution in [2.45, 2.75) is 32.3 Å². The Morgan fingerprint density at radius 1 is 1.54 bits per heavy atom. The minimum atomic E-state index is -0.0750. The molecule has 1 rings (SSSR count). The van der Waals surface area contributed by atoms with E-state index < -0.39 is 0 Å². The van der Waals surface area contributed by atoms with E-state index in [1.165, 1.54) is 0 Å². The molecule has 0 aromatic rings. The number of aliphatic hydroxyl groups excluding tert-OH is 1. The van der Waals surface area contributed by atoms with Crippen LogP contribution in [0.5, 0.6) is 0 Å². The molecule has 0 aromatic heterocycles. The maximum atomic E-state index is 9.73. The van der Waals surface area contributed by atoms with Crippen molar-refractivity contribution < 1.29 is 5.11 Å². The van der Waals surface area contributed by atoms with Crippen LogP contribution in [0.3, 0.4) is 0 Å². The van der Waals surface area contributed by atoms with Gasteiger partial charge in [0, 0.05) is 26.2 Å². The zero-order chi connectivity index (χ0) is 9.68. The average Bonchev–Trinajstić information content (AvgIpc) is 2.12. The van der Waals surface area contributed by atoms with Crippen LogP contribution in [-0.2, 0) is 0 Å². The fourth-order valence-electron chi connectivity index (χ4n) is 2.14. The second-order valence-electron chi connectivity index (χ2n) is 3.99. The van der Waals surface area contributed by atoms with E-state index in [2.05, 4.69) is 11.8 Å². The van der Waals surface area contributed by atoms with Gasteiger partial charge in [-0.3, -0.25) is 0 Å². The van der Waals surface area contributed by atoms with Crippen molar-refractivity contribution in [3.63, 3.8) is 0 Å². The highest BCUT2D eigenvalue weighted by Gasteiger charge is 2.26. The molecule has 0 saturated carbocycles. The zero-order valence-electron chi connectivity index (χ0n) is 8.58. The van der Waals surface area contributed by atoms with Crippen LogP contribution < -0.4 is 5.73 Å². The van der Waals surface area contributed by atoms with E-state index in [1.807, 2.05) is 0 Å². The number of likely N-dealkylation sites (tertiary alicyclic amines) is 1. The van der Waals surface area contributed by atoms with Crippen molar-refractivity contribution in [3.05, 3.63) is 0 Å². The molecule has 1 heterocycles. The Balaban J connectivity index is 2.33. The molecule has 0 bridgehead atoms. The van der Waals surface area contributed by atoms with Crippen molar-refractivity contribution in [2.75, 3.05) is 26.2 Å². The third kappa shape index (κ3) is 3.25. The third-order valence-electron chi connectivity index (χ3n) is 2.88. The molecule has 1 aliphatic rings. The summed E-state index contributed by atoms with van der Waals surface area (Å²) < 4.78 is 0. The molecule has 13 heavy (non-hydrogen) atoms. The highest BCUT2D eigenvalue weighted by atomic mass is 16.3. The Hall–Kier alpha value is -0.120. The predicted molar refractivity (Wildman–Crippen MR) is 54.5 cm³/mol. The van der Waals surface area contributed by atoms with Crippen molar-refractivity contribution in [3.8, 4) is 0 Å². The Bertz CT molecular complexity index is 141. The molecule has 0 radical (unpaired) electrons. The maximum Gasteiger partial charge on any atom is 0.0592 e. The van der Waals surface area contributed by atoms with E-state index in [0.29, 0.717) is 5.92 Å². The topological polar surface area (TPSA) is 49.5 Å². The fraction of sp³-hybridized carbons (Fsp3) is 1.00. The molecule has 0 unspecified atom stereocenters. The SMILES string of the molecule is CCC[C@@H]1CN(CCN)CC[C@@H]1O. The molecule has 3 heteroatoms. The van der Waals surface area contributed by atoms with Gasteiger partial charge in [0.15, 0.2) is 0 Å². The number of rotatable bonds is 4. The lowest BCUT2D eigenvalue weighted by Crippen LogP contribution is -2.44. The van der Waals surface area contributed by atoms with Gasteiger partial charge in [0.05, 0.1) is 6.10 Å². The number of hydrogen-bond acceptors (Lipinski definition) is 3. The molecule has 1 fully saturated rings. The summed E-state index contributed by atoms with van der Waals surface area (Å²) in [6.45, 7) is 5.93. The Kier molecular flexibility index (Phi) is 4.70. The molecule has 3 N–H and O–H groups in total. The first kappa shape index (κ1) is 11.0. The van der Waals surface area contributed by atoms with Gasteiger partial charge in [-0.25, -0.2) is 0 Å². The molecule has 3 nitrogen and oxygen atoms in total. The van der Waals surface area contributed by atoms with Crippen LogP contribution in [0, 0.1) is 5.92 Å². The van der Waals surface area contributed by atoms with E-state index in [-0.39, 0.29) is 6.10 Å². The lowest BCUT2D eigenvalue weighted by Gasteiger charge is -2.35. The van der Waals surface area contributed by atoms with Crippen LogP contribution in [0.15, 0.2) is 0 Å². The number of aliphatic hydroxyl groups is 1. The molecule has 0 amide bonds. The fourth-order valence-corrected chi connectivity index (χ4v) is 2.14. The normalized spacial score (nSPS) is 30.7. The molecule has 1 aliphatic heterocycles. The smallest absolute Gasteiger partial charge is 0.0592 e. The molecule has 2 atom stereocenters. The maximum absolute atomic E-state index is 9.73. The van der Waals surface area contributed by atoms with Gasteiger partial charge in [0.25, 0.3) is 0 Å². The highest BCUT2D eigenvalue weighted by molar-refractivity contribution is 4.79. The Labute approximate surface area is 80.9 Å². The molecule has 0 spiro atoms. The molecule has 0 aliphatic carbocycles. The van der Waals surface area contributed by atoms with Crippen LogP contribution in [0.1, 0.15) is 26.2 Å². The summed E-state index contributed by atoms with van der Waals surface area (Å²) in [5.74, 6) is 0.477. The van der Waals surface area contributed by atoms with Crippen molar-refractivity contribution in [1.29, 1.82) is 0 Å². The van der Waals surface area contributed by atoms with E-state index in [4.69, 9.17) is 5.73 Å². The monoisotopic (exact) mass is 186 g/mol. The summed E-state index contributed by atoms with van der Waals surface area (Å²) in [6, 6.07) is 0. The summed E-state index contributed by atoms with van der Waals surface area (Å²) in [5.41, 5.74) is 5.51. The average molecular weight is 186 g/mol. The van der Waals surface area contributed by atoms with Gasteiger partial charge in [-0.1, -0.05) is 13.3 Å². The number of nitrogens with two attached hydrogens (primary N) is 1. The largest absolute Gasteiger partial charge is 0.393 e. The van der Waals surface area contributed by atoms with Crippen molar-refractivity contribution in [2.24, 2.45) is 11.7 Å². The van der Waals surface area contributed by atoms with Gasteiger partial charge in [-0.05, 0) is 18.8 Å². The van der Waals surface area contributed by atoms with Crippen molar-refractivity contribution in [1.82, 2.24) is 4.90 Å². The van der Waals surface area contributed by atoms with Crippen molar-refractivity contribution >= 4 is 0 Å². The van der Waals surface area contributed by atoms with Gasteiger partial charge >= 0.3 is 0 Å². The summed E-state index contributed by atoms with van der Waals surface area (Å²) >= 11 is 0. The van der Waals surface area contributed by atoms with Gasteiger partial charge in [-0.2, -0.15) is 0 Å². The molecular weight excluding hydrogens is 164 g/mol. The number of piperidine rings is 1. The van der Waals surface area contributed by atoms with Gasteiger partial charge < -0.3 is 15.7 Å². The van der Waals surface area contributed by atoms with Crippen LogP contribution in [0.2, 0.25) is 0 Å². The molecule has 1 saturated heterocycles. The second-order valence-corrected chi connectivity index (χ2v) is 3.99. The van der Waals surface area contributed by atoms with Crippen LogP contribution in [0.25, 0.3) is 0 Å². The first-order chi connectivity index (χ1) is 6.27. The molecule has 78 valence electrons. The third-order valence-corrected chi connectivity index (χ3v) is 2.88. The van der Waals surface area contributed by atoms with E-state index in [9.17, 15) is 5.11 Å². The molecular formula is C10H22N2O. The Morgan fingerprint density at radius 3 is 2.92 bits per heavy atom. The van der Waals surface area contributed by atoms with Crippen LogP contribution in [0.4, 0.5) is 0 Å². The lowest BCUT2D eigenvalue weighted by molar-refractivity contribution is 0.0239. The first-order valence-electron chi connectivity index (χ1n) is 5.38. The van der Waals surface area contributed by atoms with Crippen LogP contribution >= 0.6 is 0 Å². The standard InChI is InChI=1S/C10H22N2O/c1-2-3-9-8-12(7-5-11)6-4-10(9)13/h9-10,13H,2-8,11H2,1H3/t9-,10+/m1/s1. The van der Waals surface area contributed by atoms with E-state index >= 15 is 0 Å². The van der Waals surface area contributed by atoms with E-state index in [0.717, 1.165) is 45.4 Å². The number of hydrogen-bond donors (Lipinski definition) is 2. The van der Waals surface area contributed by atoms with Crippen LogP contribution in [-0.4, -0.2) is 42.3 Å². The number of nitrogens with zero attached hydrogens (tertiary/aromatic N) is 1. The lowest BCUT2D eigenvalue weighted by atomic mass is 9.91. The van der Waals surface area contributed by atoms with Gasteiger partial charge in [0.2, 0.25) is 0 Å². The highest BCUT2D eigenvalue weighted by Crippen LogP contribution is 2.20. The summed E-state index contributed by atoms with van der Waals surface area (Å²) in [7, 11) is 0. The minimum absolute atomic E-state index is 0.0750. The summed E-state index contributed by atoms with van der Waals surface area (Å²) in [6.07, 6.45) is 3.15. The minimum Gasteiger partial charge on any atom is -0.393 e.